The molecule has 0 aromatic heterocycles. The second-order valence-corrected chi connectivity index (χ2v) is 4.20. The SMILES string of the molecule is COC(=O)[C@H](C)NC(=O)c1ccc(F)c(Br)c1. The van der Waals surface area contributed by atoms with E-state index >= 15 is 0 Å². The van der Waals surface area contributed by atoms with Gasteiger partial charge in [0.25, 0.3) is 5.91 Å². The summed E-state index contributed by atoms with van der Waals surface area (Å²) < 4.78 is 17.6. The van der Waals surface area contributed by atoms with Gasteiger partial charge < -0.3 is 10.1 Å². The molecule has 1 amide bonds. The maximum Gasteiger partial charge on any atom is 0.328 e. The number of benzene rings is 1. The number of hydrogen-bond acceptors (Lipinski definition) is 3. The molecule has 0 aliphatic rings. The summed E-state index contributed by atoms with van der Waals surface area (Å²) >= 11 is 2.98. The Bertz CT molecular complexity index is 450. The Morgan fingerprint density at radius 1 is 1.47 bits per heavy atom. The van der Waals surface area contributed by atoms with Gasteiger partial charge in [0.1, 0.15) is 11.9 Å². The fourth-order valence-electron chi connectivity index (χ4n) is 1.15. The normalized spacial score (nSPS) is 11.8. The van der Waals surface area contributed by atoms with Crippen LogP contribution in [0.5, 0.6) is 0 Å². The first-order valence-corrected chi connectivity index (χ1v) is 5.58. The summed E-state index contributed by atoms with van der Waals surface area (Å²) in [5.41, 5.74) is 0.258. The zero-order valence-corrected chi connectivity index (χ0v) is 10.9. The summed E-state index contributed by atoms with van der Waals surface area (Å²) in [6, 6.07) is 3.09. The fourth-order valence-corrected chi connectivity index (χ4v) is 1.53. The Labute approximate surface area is 106 Å². The van der Waals surface area contributed by atoms with Crippen LogP contribution in [0, 0.1) is 5.82 Å². The third-order valence-corrected chi connectivity index (χ3v) is 2.69. The Kier molecular flexibility index (Phi) is 4.62. The summed E-state index contributed by atoms with van der Waals surface area (Å²) in [5, 5.41) is 2.44. The van der Waals surface area contributed by atoms with E-state index in [0.29, 0.717) is 0 Å². The van der Waals surface area contributed by atoms with Gasteiger partial charge in [-0.25, -0.2) is 9.18 Å². The summed E-state index contributed by atoms with van der Waals surface area (Å²) in [5.74, 6) is -1.47. The van der Waals surface area contributed by atoms with Gasteiger partial charge in [0.2, 0.25) is 0 Å². The molecule has 0 aliphatic carbocycles. The van der Waals surface area contributed by atoms with Crippen molar-refractivity contribution in [2.45, 2.75) is 13.0 Å². The van der Waals surface area contributed by atoms with Gasteiger partial charge in [0, 0.05) is 5.56 Å². The van der Waals surface area contributed by atoms with Crippen LogP contribution >= 0.6 is 15.9 Å². The predicted molar refractivity (Wildman–Crippen MR) is 63.0 cm³/mol. The molecule has 1 N–H and O–H groups in total. The Morgan fingerprint density at radius 2 is 2.12 bits per heavy atom. The van der Waals surface area contributed by atoms with Crippen LogP contribution in [0.15, 0.2) is 22.7 Å². The second kappa shape index (κ2) is 5.77. The average Bonchev–Trinajstić information content (AvgIpc) is 2.31. The van der Waals surface area contributed by atoms with Crippen molar-refractivity contribution in [3.8, 4) is 0 Å². The molecule has 0 saturated heterocycles. The standard InChI is InChI=1S/C11H11BrFNO3/c1-6(11(16)17-2)14-10(15)7-3-4-9(13)8(12)5-7/h3-6H,1-2H3,(H,14,15)/t6-/m0/s1. The van der Waals surface area contributed by atoms with Crippen molar-refractivity contribution >= 4 is 27.8 Å². The number of nitrogens with one attached hydrogen (secondary N) is 1. The molecule has 1 rings (SSSR count). The molecule has 6 heteroatoms. The van der Waals surface area contributed by atoms with E-state index in [9.17, 15) is 14.0 Å². The first-order valence-electron chi connectivity index (χ1n) is 4.79. The van der Waals surface area contributed by atoms with Gasteiger partial charge in [0.05, 0.1) is 11.6 Å². The molecular weight excluding hydrogens is 293 g/mol. The van der Waals surface area contributed by atoms with E-state index in [2.05, 4.69) is 26.0 Å². The molecule has 0 heterocycles. The van der Waals surface area contributed by atoms with Crippen LogP contribution in [-0.2, 0) is 9.53 Å². The van der Waals surface area contributed by atoms with E-state index in [-0.39, 0.29) is 10.0 Å². The number of rotatable bonds is 3. The van der Waals surface area contributed by atoms with Gasteiger partial charge in [-0.05, 0) is 41.1 Å². The highest BCUT2D eigenvalue weighted by atomic mass is 79.9. The molecule has 1 atom stereocenters. The second-order valence-electron chi connectivity index (χ2n) is 3.35. The lowest BCUT2D eigenvalue weighted by Gasteiger charge is -2.11. The van der Waals surface area contributed by atoms with Crippen LogP contribution in [-0.4, -0.2) is 25.0 Å². The van der Waals surface area contributed by atoms with Crippen LogP contribution in [0.1, 0.15) is 17.3 Å². The minimum absolute atomic E-state index is 0.191. The van der Waals surface area contributed by atoms with Crippen molar-refractivity contribution in [1.29, 1.82) is 0 Å². The number of hydrogen-bond donors (Lipinski definition) is 1. The third-order valence-electron chi connectivity index (χ3n) is 2.08. The van der Waals surface area contributed by atoms with E-state index in [4.69, 9.17) is 0 Å². The van der Waals surface area contributed by atoms with Gasteiger partial charge in [-0.15, -0.1) is 0 Å². The molecule has 17 heavy (non-hydrogen) atoms. The molecule has 0 fully saturated rings. The Hall–Kier alpha value is -1.43. The topological polar surface area (TPSA) is 55.4 Å². The van der Waals surface area contributed by atoms with E-state index in [0.717, 1.165) is 0 Å². The summed E-state index contributed by atoms with van der Waals surface area (Å²) in [6.07, 6.45) is 0. The van der Waals surface area contributed by atoms with Gasteiger partial charge >= 0.3 is 5.97 Å². The summed E-state index contributed by atoms with van der Waals surface area (Å²) in [4.78, 5) is 22.8. The van der Waals surface area contributed by atoms with Crippen LogP contribution in [0.4, 0.5) is 4.39 Å². The van der Waals surface area contributed by atoms with Crippen LogP contribution < -0.4 is 5.32 Å². The van der Waals surface area contributed by atoms with E-state index in [1.54, 1.807) is 0 Å². The number of carbonyl (C=O) groups is 2. The highest BCUT2D eigenvalue weighted by Gasteiger charge is 2.17. The lowest BCUT2D eigenvalue weighted by atomic mass is 10.2. The Balaban J connectivity index is 2.76. The van der Waals surface area contributed by atoms with E-state index in [1.807, 2.05) is 0 Å². The zero-order valence-electron chi connectivity index (χ0n) is 9.29. The first-order chi connectivity index (χ1) is 7.95. The maximum absolute atomic E-state index is 13.0. The minimum Gasteiger partial charge on any atom is -0.467 e. The molecule has 0 radical (unpaired) electrons. The highest BCUT2D eigenvalue weighted by molar-refractivity contribution is 9.10. The van der Waals surface area contributed by atoms with Crippen LogP contribution in [0.2, 0.25) is 0 Å². The first kappa shape index (κ1) is 13.6. The van der Waals surface area contributed by atoms with Gasteiger partial charge in [-0.1, -0.05) is 0 Å². The lowest BCUT2D eigenvalue weighted by molar-refractivity contribution is -0.142. The van der Waals surface area contributed by atoms with E-state index < -0.39 is 23.7 Å². The number of halogens is 2. The predicted octanol–water partition coefficient (Wildman–Crippen LogP) is 1.88. The molecule has 92 valence electrons. The zero-order chi connectivity index (χ0) is 13.0. The number of esters is 1. The van der Waals surface area contributed by atoms with Gasteiger partial charge in [-0.3, -0.25) is 4.79 Å². The molecule has 0 unspecified atom stereocenters. The summed E-state index contributed by atoms with van der Waals surface area (Å²) in [7, 11) is 1.24. The molecule has 1 aromatic carbocycles. The van der Waals surface area contributed by atoms with Crippen molar-refractivity contribution in [2.75, 3.05) is 7.11 Å². The molecule has 4 nitrogen and oxygen atoms in total. The molecule has 0 spiro atoms. The van der Waals surface area contributed by atoms with Crippen molar-refractivity contribution in [1.82, 2.24) is 5.32 Å². The monoisotopic (exact) mass is 303 g/mol. The highest BCUT2D eigenvalue weighted by Crippen LogP contribution is 2.16. The fraction of sp³-hybridized carbons (Fsp3) is 0.273. The summed E-state index contributed by atoms with van der Waals surface area (Å²) in [6.45, 7) is 1.50. The molecule has 1 aromatic rings. The van der Waals surface area contributed by atoms with Crippen LogP contribution in [0.3, 0.4) is 0 Å². The molecular formula is C11H11BrFNO3. The molecule has 0 saturated carbocycles. The van der Waals surface area contributed by atoms with Crippen molar-refractivity contribution < 1.29 is 18.7 Å². The smallest absolute Gasteiger partial charge is 0.328 e. The average molecular weight is 304 g/mol. The third kappa shape index (κ3) is 3.52. The maximum atomic E-state index is 13.0. The molecule has 0 aliphatic heterocycles. The van der Waals surface area contributed by atoms with Gasteiger partial charge in [-0.2, -0.15) is 0 Å². The minimum atomic E-state index is -0.753. The van der Waals surface area contributed by atoms with Gasteiger partial charge in [0.15, 0.2) is 0 Å². The van der Waals surface area contributed by atoms with Crippen molar-refractivity contribution in [2.24, 2.45) is 0 Å². The lowest BCUT2D eigenvalue weighted by Crippen LogP contribution is -2.39. The number of amides is 1. The quantitative estimate of drug-likeness (QED) is 0.868. The Morgan fingerprint density at radius 3 is 2.65 bits per heavy atom. The number of methoxy groups -OCH3 is 1. The van der Waals surface area contributed by atoms with Crippen LogP contribution in [0.25, 0.3) is 0 Å². The van der Waals surface area contributed by atoms with Crippen molar-refractivity contribution in [3.63, 3.8) is 0 Å². The van der Waals surface area contributed by atoms with Crippen molar-refractivity contribution in [3.05, 3.63) is 34.1 Å². The number of carbonyl (C=O) groups excluding carboxylic acids is 2. The largest absolute Gasteiger partial charge is 0.467 e. The number of ether oxygens (including phenoxy) is 1. The molecule has 0 bridgehead atoms. The van der Waals surface area contributed by atoms with E-state index in [1.165, 1.54) is 32.2 Å².